The number of nitrogens with one attached hydrogen (secondary N) is 1. The van der Waals surface area contributed by atoms with Gasteiger partial charge in [0, 0.05) is 6.54 Å². The summed E-state index contributed by atoms with van der Waals surface area (Å²) < 4.78 is 0. The minimum Gasteiger partial charge on any atom is -0.394 e. The maximum Gasteiger partial charge on any atom is 0.239 e. The van der Waals surface area contributed by atoms with Crippen LogP contribution in [0.2, 0.25) is 0 Å². The van der Waals surface area contributed by atoms with Crippen LogP contribution in [-0.4, -0.2) is 64.4 Å². The number of nitrogens with zero attached hydrogens (tertiary/aromatic N) is 1. The van der Waals surface area contributed by atoms with E-state index >= 15 is 0 Å². The number of hydrogen-bond acceptors (Lipinski definition) is 5. The number of amides is 2. The third-order valence-electron chi connectivity index (χ3n) is 1.91. The summed E-state index contributed by atoms with van der Waals surface area (Å²) in [6.07, 6.45) is -0.947. The lowest BCUT2D eigenvalue weighted by atomic mass is 10.3. The zero-order valence-corrected chi connectivity index (χ0v) is 9.00. The normalized spacial score (nSPS) is 18.0. The second-order valence-corrected chi connectivity index (χ2v) is 4.16. The van der Waals surface area contributed by atoms with Crippen molar-refractivity contribution < 1.29 is 19.8 Å². The summed E-state index contributed by atoms with van der Waals surface area (Å²) >= 11 is 1.47. The van der Waals surface area contributed by atoms with Crippen LogP contribution in [0.4, 0.5) is 0 Å². The molecule has 1 fully saturated rings. The minimum absolute atomic E-state index is 0.00447. The van der Waals surface area contributed by atoms with Gasteiger partial charge in [0.1, 0.15) is 6.54 Å². The van der Waals surface area contributed by atoms with E-state index < -0.39 is 12.7 Å². The summed E-state index contributed by atoms with van der Waals surface area (Å²) in [7, 11) is 0. The predicted molar refractivity (Wildman–Crippen MR) is 55.1 cm³/mol. The van der Waals surface area contributed by atoms with Crippen molar-refractivity contribution in [1.29, 1.82) is 0 Å². The van der Waals surface area contributed by atoms with Crippen molar-refractivity contribution in [3.05, 3.63) is 0 Å². The molecule has 0 aromatic rings. The first-order valence-electron chi connectivity index (χ1n) is 4.54. The van der Waals surface area contributed by atoms with Crippen LogP contribution in [0.5, 0.6) is 0 Å². The fourth-order valence-corrected chi connectivity index (χ4v) is 1.97. The molecule has 1 unspecified atom stereocenters. The van der Waals surface area contributed by atoms with E-state index in [0.29, 0.717) is 11.6 Å². The van der Waals surface area contributed by atoms with E-state index in [2.05, 4.69) is 5.32 Å². The maximum absolute atomic E-state index is 11.3. The van der Waals surface area contributed by atoms with Crippen molar-refractivity contribution in [1.82, 2.24) is 10.2 Å². The van der Waals surface area contributed by atoms with E-state index in [0.717, 1.165) is 0 Å². The van der Waals surface area contributed by atoms with Gasteiger partial charge in [-0.1, -0.05) is 0 Å². The molecular weight excluding hydrogens is 220 g/mol. The molecule has 0 bridgehead atoms. The molecule has 0 aromatic carbocycles. The van der Waals surface area contributed by atoms with Crippen molar-refractivity contribution in [2.75, 3.05) is 31.3 Å². The molecule has 1 saturated heterocycles. The van der Waals surface area contributed by atoms with E-state index in [1.807, 2.05) is 0 Å². The van der Waals surface area contributed by atoms with Gasteiger partial charge in [-0.2, -0.15) is 0 Å². The Morgan fingerprint density at radius 3 is 2.93 bits per heavy atom. The number of rotatable bonds is 5. The molecule has 86 valence electrons. The Morgan fingerprint density at radius 1 is 1.67 bits per heavy atom. The highest BCUT2D eigenvalue weighted by Gasteiger charge is 2.22. The number of hydrogen-bond donors (Lipinski definition) is 3. The number of aliphatic hydroxyl groups excluding tert-OH is 2. The molecule has 6 nitrogen and oxygen atoms in total. The van der Waals surface area contributed by atoms with Crippen LogP contribution < -0.4 is 5.32 Å². The molecule has 1 heterocycles. The molecule has 0 radical (unpaired) electrons. The Morgan fingerprint density at radius 2 is 2.40 bits per heavy atom. The molecule has 3 N–H and O–H groups in total. The van der Waals surface area contributed by atoms with E-state index in [-0.39, 0.29) is 24.9 Å². The van der Waals surface area contributed by atoms with Gasteiger partial charge in [-0.15, -0.1) is 11.8 Å². The van der Waals surface area contributed by atoms with Crippen LogP contribution in [-0.2, 0) is 9.59 Å². The smallest absolute Gasteiger partial charge is 0.239 e. The zero-order chi connectivity index (χ0) is 11.3. The quantitative estimate of drug-likeness (QED) is 0.511. The van der Waals surface area contributed by atoms with E-state index in [4.69, 9.17) is 10.2 Å². The number of thioether (sulfide) groups is 1. The molecule has 2 amide bonds. The minimum atomic E-state index is -0.947. The molecule has 7 heteroatoms. The highest BCUT2D eigenvalue weighted by atomic mass is 32.2. The molecule has 0 aliphatic carbocycles. The van der Waals surface area contributed by atoms with Crippen LogP contribution in [0.25, 0.3) is 0 Å². The Balaban J connectivity index is 2.21. The molecule has 1 atom stereocenters. The van der Waals surface area contributed by atoms with Crippen molar-refractivity contribution in [3.63, 3.8) is 0 Å². The van der Waals surface area contributed by atoms with Gasteiger partial charge >= 0.3 is 0 Å². The largest absolute Gasteiger partial charge is 0.394 e. The first kappa shape index (κ1) is 12.3. The zero-order valence-electron chi connectivity index (χ0n) is 8.18. The standard InChI is InChI=1S/C8H14N2O4S/c11-3-6(12)1-9-7(13)2-10-5-15-4-8(10)14/h6,11-12H,1-5H2,(H,9,13). The lowest BCUT2D eigenvalue weighted by molar-refractivity contribution is -0.132. The monoisotopic (exact) mass is 234 g/mol. The highest BCUT2D eigenvalue weighted by Crippen LogP contribution is 2.13. The Bertz CT molecular complexity index is 249. The van der Waals surface area contributed by atoms with Crippen LogP contribution in [0, 0.1) is 0 Å². The molecule has 0 aromatic heterocycles. The third-order valence-corrected chi connectivity index (χ3v) is 2.85. The van der Waals surface area contributed by atoms with Crippen LogP contribution in [0.15, 0.2) is 0 Å². The summed E-state index contributed by atoms with van der Waals surface area (Å²) in [5.41, 5.74) is 0. The lowest BCUT2D eigenvalue weighted by Crippen LogP contribution is -2.41. The van der Waals surface area contributed by atoms with Gasteiger partial charge in [0.15, 0.2) is 0 Å². The summed E-state index contributed by atoms with van der Waals surface area (Å²) in [5.74, 6) is 0.595. The molecular formula is C8H14N2O4S. The molecule has 15 heavy (non-hydrogen) atoms. The van der Waals surface area contributed by atoms with Crippen LogP contribution in [0.3, 0.4) is 0 Å². The number of carbonyl (C=O) groups excluding carboxylic acids is 2. The molecule has 0 saturated carbocycles. The molecule has 1 aliphatic rings. The second kappa shape index (κ2) is 5.94. The van der Waals surface area contributed by atoms with Crippen molar-refractivity contribution in [2.24, 2.45) is 0 Å². The fraction of sp³-hybridized carbons (Fsp3) is 0.750. The van der Waals surface area contributed by atoms with Gasteiger partial charge in [-0.25, -0.2) is 0 Å². The Hall–Kier alpha value is -0.790. The SMILES string of the molecule is O=C(CN1CSCC1=O)NCC(O)CO. The fourth-order valence-electron chi connectivity index (χ4n) is 1.07. The van der Waals surface area contributed by atoms with Gasteiger partial charge in [0.05, 0.1) is 24.3 Å². The Kier molecular flexibility index (Phi) is 4.86. The highest BCUT2D eigenvalue weighted by molar-refractivity contribution is 8.00. The average molecular weight is 234 g/mol. The Labute approximate surface area is 91.6 Å². The lowest BCUT2D eigenvalue weighted by Gasteiger charge is -2.15. The first-order valence-corrected chi connectivity index (χ1v) is 5.70. The average Bonchev–Trinajstić information content (AvgIpc) is 2.61. The van der Waals surface area contributed by atoms with Gasteiger partial charge in [-0.05, 0) is 0 Å². The summed E-state index contributed by atoms with van der Waals surface area (Å²) in [4.78, 5) is 23.8. The predicted octanol–water partition coefficient (Wildman–Crippen LogP) is -2.01. The maximum atomic E-state index is 11.3. The number of aliphatic hydroxyl groups is 2. The summed E-state index contributed by atoms with van der Waals surface area (Å²) in [6.45, 7) is -0.368. The molecule has 1 rings (SSSR count). The first-order chi connectivity index (χ1) is 7.13. The second-order valence-electron chi connectivity index (χ2n) is 3.21. The number of carbonyl (C=O) groups is 2. The van der Waals surface area contributed by atoms with Gasteiger partial charge in [-0.3, -0.25) is 9.59 Å². The van der Waals surface area contributed by atoms with Crippen molar-refractivity contribution in [2.45, 2.75) is 6.10 Å². The summed E-state index contributed by atoms with van der Waals surface area (Å²) in [5, 5.41) is 19.9. The van der Waals surface area contributed by atoms with Crippen molar-refractivity contribution in [3.8, 4) is 0 Å². The van der Waals surface area contributed by atoms with E-state index in [9.17, 15) is 9.59 Å². The van der Waals surface area contributed by atoms with Gasteiger partial charge in [0.2, 0.25) is 11.8 Å². The third kappa shape index (κ3) is 4.06. The summed E-state index contributed by atoms with van der Waals surface area (Å²) in [6, 6.07) is 0. The van der Waals surface area contributed by atoms with Crippen LogP contribution in [0.1, 0.15) is 0 Å². The van der Waals surface area contributed by atoms with E-state index in [1.165, 1.54) is 16.7 Å². The molecule has 1 aliphatic heterocycles. The molecule has 0 spiro atoms. The van der Waals surface area contributed by atoms with Gasteiger partial charge in [0.25, 0.3) is 0 Å². The van der Waals surface area contributed by atoms with E-state index in [1.54, 1.807) is 0 Å². The van der Waals surface area contributed by atoms with Gasteiger partial charge < -0.3 is 20.4 Å². The van der Waals surface area contributed by atoms with Crippen LogP contribution >= 0.6 is 11.8 Å². The topological polar surface area (TPSA) is 89.9 Å². The van der Waals surface area contributed by atoms with Crippen molar-refractivity contribution >= 4 is 23.6 Å².